The third kappa shape index (κ3) is 2.99. The van der Waals surface area contributed by atoms with Crippen LogP contribution in [0.2, 0.25) is 0 Å². The molecule has 1 aliphatic heterocycles. The van der Waals surface area contributed by atoms with E-state index in [2.05, 4.69) is 18.7 Å². The largest absolute Gasteiger partial charge is 0.369 e. The second kappa shape index (κ2) is 4.61. The predicted octanol–water partition coefficient (Wildman–Crippen LogP) is 1.09. The zero-order valence-corrected chi connectivity index (χ0v) is 9.42. The Hall–Kier alpha value is -0.570. The molecule has 1 saturated heterocycles. The van der Waals surface area contributed by atoms with E-state index in [0.717, 1.165) is 13.1 Å². The van der Waals surface area contributed by atoms with Crippen LogP contribution >= 0.6 is 0 Å². The van der Waals surface area contributed by atoms with Crippen molar-refractivity contribution in [3.05, 3.63) is 0 Å². The van der Waals surface area contributed by atoms with E-state index < -0.39 is 0 Å². The molecular formula is C10H22N2O. The lowest BCUT2D eigenvalue weighted by molar-refractivity contribution is -0.123. The quantitative estimate of drug-likeness (QED) is 0.666. The van der Waals surface area contributed by atoms with E-state index in [-0.39, 0.29) is 17.2 Å². The van der Waals surface area contributed by atoms with Crippen molar-refractivity contribution in [1.82, 2.24) is 4.90 Å². The summed E-state index contributed by atoms with van der Waals surface area (Å²) in [6.45, 7) is 9.95. The molecule has 1 unspecified atom stereocenters. The molecule has 78 valence electrons. The number of nitrogens with two attached hydrogens (primary N) is 1. The third-order valence-electron chi connectivity index (χ3n) is 2.46. The van der Waals surface area contributed by atoms with Gasteiger partial charge in [0.1, 0.15) is 0 Å². The van der Waals surface area contributed by atoms with Gasteiger partial charge in [-0.1, -0.05) is 27.7 Å². The van der Waals surface area contributed by atoms with Crippen LogP contribution in [0.1, 0.15) is 27.7 Å². The molecule has 3 heteroatoms. The van der Waals surface area contributed by atoms with Gasteiger partial charge in [0, 0.05) is 13.1 Å². The third-order valence-corrected chi connectivity index (χ3v) is 2.46. The van der Waals surface area contributed by atoms with Gasteiger partial charge < -0.3 is 10.6 Å². The van der Waals surface area contributed by atoms with E-state index in [4.69, 9.17) is 5.73 Å². The average Bonchev–Trinajstić information content (AvgIpc) is 2.28. The number of nitrogens with zero attached hydrogens (tertiary/aromatic N) is 1. The summed E-state index contributed by atoms with van der Waals surface area (Å²) in [4.78, 5) is 13.1. The molecule has 0 aliphatic carbocycles. The van der Waals surface area contributed by atoms with Crippen LogP contribution in [-0.2, 0) is 4.79 Å². The first-order valence-corrected chi connectivity index (χ1v) is 4.91. The first kappa shape index (κ1) is 12.4. The normalized spacial score (nSPS) is 26.4. The van der Waals surface area contributed by atoms with Gasteiger partial charge in [0.25, 0.3) is 0 Å². The van der Waals surface area contributed by atoms with E-state index in [1.165, 1.54) is 0 Å². The summed E-state index contributed by atoms with van der Waals surface area (Å²) >= 11 is 0. The molecule has 0 saturated carbocycles. The zero-order chi connectivity index (χ0) is 10.6. The molecule has 0 aromatic carbocycles. The SMILES string of the molecule is CC.CN1CC(C(N)=O)C(C)(C)C1. The molecule has 1 fully saturated rings. The fourth-order valence-corrected chi connectivity index (χ4v) is 1.90. The highest BCUT2D eigenvalue weighted by molar-refractivity contribution is 5.78. The van der Waals surface area contributed by atoms with Crippen LogP contribution in [-0.4, -0.2) is 30.9 Å². The van der Waals surface area contributed by atoms with E-state index >= 15 is 0 Å². The maximum atomic E-state index is 11.0. The summed E-state index contributed by atoms with van der Waals surface area (Å²) < 4.78 is 0. The Morgan fingerprint density at radius 3 is 2.08 bits per heavy atom. The van der Waals surface area contributed by atoms with Gasteiger partial charge in [0.05, 0.1) is 5.92 Å². The van der Waals surface area contributed by atoms with Gasteiger partial charge in [0.2, 0.25) is 5.91 Å². The van der Waals surface area contributed by atoms with Gasteiger partial charge in [-0.2, -0.15) is 0 Å². The molecule has 0 bridgehead atoms. The van der Waals surface area contributed by atoms with Crippen LogP contribution in [0.5, 0.6) is 0 Å². The molecule has 0 radical (unpaired) electrons. The van der Waals surface area contributed by atoms with Crippen LogP contribution in [0.4, 0.5) is 0 Å². The zero-order valence-electron chi connectivity index (χ0n) is 9.42. The number of hydrogen-bond acceptors (Lipinski definition) is 2. The minimum Gasteiger partial charge on any atom is -0.369 e. The van der Waals surface area contributed by atoms with E-state index in [1.54, 1.807) is 0 Å². The smallest absolute Gasteiger partial charge is 0.222 e. The summed E-state index contributed by atoms with van der Waals surface area (Å²) in [7, 11) is 2.02. The fourth-order valence-electron chi connectivity index (χ4n) is 1.90. The van der Waals surface area contributed by atoms with Crippen molar-refractivity contribution in [3.8, 4) is 0 Å². The first-order valence-electron chi connectivity index (χ1n) is 4.91. The minimum absolute atomic E-state index is 0.0208. The number of carbonyl (C=O) groups excluding carboxylic acids is 1. The number of rotatable bonds is 1. The van der Waals surface area contributed by atoms with Crippen molar-refractivity contribution in [2.45, 2.75) is 27.7 Å². The molecule has 1 atom stereocenters. The molecular weight excluding hydrogens is 164 g/mol. The number of carbonyl (C=O) groups is 1. The molecule has 13 heavy (non-hydrogen) atoms. The maximum absolute atomic E-state index is 11.0. The second-order valence-electron chi connectivity index (χ2n) is 4.14. The Morgan fingerprint density at radius 2 is 1.92 bits per heavy atom. The van der Waals surface area contributed by atoms with Crippen LogP contribution < -0.4 is 5.73 Å². The summed E-state index contributed by atoms with van der Waals surface area (Å²) in [5.41, 5.74) is 5.33. The maximum Gasteiger partial charge on any atom is 0.222 e. The van der Waals surface area contributed by atoms with Crippen molar-refractivity contribution in [1.29, 1.82) is 0 Å². The first-order chi connectivity index (χ1) is 5.93. The van der Waals surface area contributed by atoms with Crippen LogP contribution in [0.25, 0.3) is 0 Å². The van der Waals surface area contributed by atoms with Crippen molar-refractivity contribution in [2.75, 3.05) is 20.1 Å². The minimum atomic E-state index is -0.167. The van der Waals surface area contributed by atoms with Crippen molar-refractivity contribution < 1.29 is 4.79 Å². The molecule has 0 aromatic heterocycles. The predicted molar refractivity (Wildman–Crippen MR) is 55.3 cm³/mol. The number of amides is 1. The Bertz CT molecular complexity index is 178. The molecule has 1 amide bonds. The van der Waals surface area contributed by atoms with Crippen LogP contribution in [0.15, 0.2) is 0 Å². The van der Waals surface area contributed by atoms with Crippen molar-refractivity contribution in [3.63, 3.8) is 0 Å². The lowest BCUT2D eigenvalue weighted by Crippen LogP contribution is -2.34. The highest BCUT2D eigenvalue weighted by atomic mass is 16.1. The van der Waals surface area contributed by atoms with Gasteiger partial charge in [0.15, 0.2) is 0 Å². The summed E-state index contributed by atoms with van der Waals surface area (Å²) in [6, 6.07) is 0. The monoisotopic (exact) mass is 186 g/mol. The summed E-state index contributed by atoms with van der Waals surface area (Å²) in [6.07, 6.45) is 0. The molecule has 0 spiro atoms. The van der Waals surface area contributed by atoms with E-state index in [0.29, 0.717) is 0 Å². The van der Waals surface area contributed by atoms with Gasteiger partial charge >= 0.3 is 0 Å². The van der Waals surface area contributed by atoms with Gasteiger partial charge in [-0.15, -0.1) is 0 Å². The topological polar surface area (TPSA) is 46.3 Å². The highest BCUT2D eigenvalue weighted by Gasteiger charge is 2.40. The Kier molecular flexibility index (Phi) is 4.40. The standard InChI is InChI=1S/C8H16N2O.C2H6/c1-8(2)5-10(3)4-6(8)7(9)11;1-2/h6H,4-5H2,1-3H3,(H2,9,11);1-2H3. The highest BCUT2D eigenvalue weighted by Crippen LogP contribution is 2.33. The van der Waals surface area contributed by atoms with Crippen LogP contribution in [0.3, 0.4) is 0 Å². The number of primary amides is 1. The van der Waals surface area contributed by atoms with E-state index in [9.17, 15) is 4.79 Å². The van der Waals surface area contributed by atoms with E-state index in [1.807, 2.05) is 20.9 Å². The molecule has 0 aromatic rings. The van der Waals surface area contributed by atoms with Gasteiger partial charge in [-0.25, -0.2) is 0 Å². The van der Waals surface area contributed by atoms with Gasteiger partial charge in [-0.3, -0.25) is 4.79 Å². The van der Waals surface area contributed by atoms with Gasteiger partial charge in [-0.05, 0) is 12.5 Å². The molecule has 1 aliphatic rings. The average molecular weight is 186 g/mol. The summed E-state index contributed by atoms with van der Waals surface area (Å²) in [5.74, 6) is -0.146. The molecule has 1 heterocycles. The summed E-state index contributed by atoms with van der Waals surface area (Å²) in [5, 5.41) is 0. The second-order valence-corrected chi connectivity index (χ2v) is 4.14. The van der Waals surface area contributed by atoms with Crippen molar-refractivity contribution >= 4 is 5.91 Å². The fraction of sp³-hybridized carbons (Fsp3) is 0.900. The number of likely N-dealkylation sites (tertiary alicyclic amines) is 1. The lowest BCUT2D eigenvalue weighted by Gasteiger charge is -2.22. The Morgan fingerprint density at radius 1 is 1.46 bits per heavy atom. The lowest BCUT2D eigenvalue weighted by atomic mass is 9.82. The molecule has 2 N–H and O–H groups in total. The molecule has 1 rings (SSSR count). The van der Waals surface area contributed by atoms with Crippen LogP contribution in [0, 0.1) is 11.3 Å². The Balaban J connectivity index is 0.000000671. The number of hydrogen-bond donors (Lipinski definition) is 1. The Labute approximate surface area is 81.3 Å². The molecule has 3 nitrogen and oxygen atoms in total. The van der Waals surface area contributed by atoms with Crippen molar-refractivity contribution in [2.24, 2.45) is 17.1 Å².